The van der Waals surface area contributed by atoms with Crippen LogP contribution in [-0.4, -0.2) is 6.66 Å². The molecule has 1 rings (SSSR count). The molecule has 1 unspecified atom stereocenters. The van der Waals surface area contributed by atoms with Gasteiger partial charge in [0, 0.05) is 6.66 Å². The Bertz CT molecular complexity index is 264. The van der Waals surface area contributed by atoms with E-state index in [0.717, 1.165) is 6.66 Å². The Balaban J connectivity index is 2.74. The van der Waals surface area contributed by atoms with Crippen molar-refractivity contribution in [2.45, 2.75) is 0 Å². The number of benzene rings is 1. The summed E-state index contributed by atoms with van der Waals surface area (Å²) in [4.78, 5) is 10.6. The van der Waals surface area contributed by atoms with Gasteiger partial charge in [0.1, 0.15) is 5.75 Å². The number of hydrogen-bond acceptors (Lipinski definition) is 3. The molecule has 11 heavy (non-hydrogen) atoms. The maximum atomic E-state index is 10.6. The van der Waals surface area contributed by atoms with Gasteiger partial charge >= 0.3 is 0 Å². The van der Waals surface area contributed by atoms with E-state index in [4.69, 9.17) is 0 Å². The van der Waals surface area contributed by atoms with E-state index in [1.54, 1.807) is 30.3 Å². The van der Waals surface area contributed by atoms with E-state index in [1.165, 1.54) is 0 Å². The lowest BCUT2D eigenvalue weighted by atomic mass is 10.3. The van der Waals surface area contributed by atoms with Gasteiger partial charge in [-0.15, -0.1) is 0 Å². The first-order valence-corrected chi connectivity index (χ1v) is 5.10. The first-order chi connectivity index (χ1) is 5.08. The predicted molar refractivity (Wildman–Crippen MR) is 40.6 cm³/mol. The lowest BCUT2D eigenvalue weighted by molar-refractivity contribution is -0.188. The lowest BCUT2D eigenvalue weighted by Gasteiger charge is -2.18. The first kappa shape index (κ1) is 8.31. The smallest absolute Gasteiger partial charge is 0.181 e. The number of rotatable bonds is 2. The molecule has 1 aromatic rings. The molecule has 0 bridgehead atoms. The van der Waals surface area contributed by atoms with Gasteiger partial charge in [-0.1, -0.05) is 18.2 Å². The highest BCUT2D eigenvalue weighted by Gasteiger charge is 1.99. The second-order valence-corrected chi connectivity index (χ2v) is 3.90. The number of para-hydroxylation sites is 1. The van der Waals surface area contributed by atoms with Crippen molar-refractivity contribution in [2.75, 3.05) is 6.66 Å². The molecule has 0 aliphatic carbocycles. The average molecular weight is 171 g/mol. The quantitative estimate of drug-likeness (QED) is 0.629. The monoisotopic (exact) mass is 171 g/mol. The maximum Gasteiger partial charge on any atom is 0.181 e. The van der Waals surface area contributed by atoms with Gasteiger partial charge in [-0.05, 0) is 12.1 Å². The predicted octanol–water partition coefficient (Wildman–Crippen LogP) is 1.25. The molecule has 1 atom stereocenters. The molecule has 3 nitrogen and oxygen atoms in total. The van der Waals surface area contributed by atoms with Gasteiger partial charge in [-0.2, -0.15) is 0 Å². The highest BCUT2D eigenvalue weighted by atomic mass is 31.2. The topological polar surface area (TPSA) is 49.4 Å². The minimum absolute atomic E-state index is 0.355. The molecule has 0 saturated carbocycles. The molecule has 0 fully saturated rings. The summed E-state index contributed by atoms with van der Waals surface area (Å²) < 4.78 is 15.2. The van der Waals surface area contributed by atoms with Crippen molar-refractivity contribution < 1.29 is 14.0 Å². The van der Waals surface area contributed by atoms with Crippen LogP contribution in [0.1, 0.15) is 0 Å². The fourth-order valence-electron chi connectivity index (χ4n) is 0.673. The molecule has 0 aliphatic rings. The third kappa shape index (κ3) is 3.21. The Kier molecular flexibility index (Phi) is 2.32. The van der Waals surface area contributed by atoms with E-state index in [-0.39, 0.29) is 0 Å². The van der Waals surface area contributed by atoms with Gasteiger partial charge in [0.05, 0.1) is 0 Å². The van der Waals surface area contributed by atoms with Crippen LogP contribution >= 0.6 is 7.60 Å². The highest BCUT2D eigenvalue weighted by molar-refractivity contribution is 7.50. The van der Waals surface area contributed by atoms with Crippen molar-refractivity contribution in [1.82, 2.24) is 0 Å². The van der Waals surface area contributed by atoms with Gasteiger partial charge in [-0.3, -0.25) is 4.57 Å². The molecule has 0 saturated heterocycles. The fourth-order valence-corrected chi connectivity index (χ4v) is 1.18. The molecule has 0 aliphatic heterocycles. The lowest BCUT2D eigenvalue weighted by Crippen LogP contribution is -2.04. The highest BCUT2D eigenvalue weighted by Crippen LogP contribution is 2.32. The average Bonchev–Trinajstić information content (AvgIpc) is 1.85. The van der Waals surface area contributed by atoms with Gasteiger partial charge in [0.25, 0.3) is 0 Å². The Morgan fingerprint density at radius 3 is 2.36 bits per heavy atom. The summed E-state index contributed by atoms with van der Waals surface area (Å²) in [6.45, 7) is 1.04. The molecule has 4 heteroatoms. The molecule has 0 radical (unpaired) electrons. The second-order valence-electron chi connectivity index (χ2n) is 2.18. The SMILES string of the molecule is CP(=O)([O-])Oc1ccccc1. The minimum Gasteiger partial charge on any atom is -0.769 e. The Labute approximate surface area is 65.2 Å². The summed E-state index contributed by atoms with van der Waals surface area (Å²) in [6, 6.07) is 8.40. The molecule has 0 amide bonds. The van der Waals surface area contributed by atoms with Crippen LogP contribution in [-0.2, 0) is 4.57 Å². The van der Waals surface area contributed by atoms with Crippen LogP contribution in [0.4, 0.5) is 0 Å². The maximum absolute atomic E-state index is 10.6. The van der Waals surface area contributed by atoms with E-state index in [1.807, 2.05) is 0 Å². The van der Waals surface area contributed by atoms with Crippen molar-refractivity contribution in [2.24, 2.45) is 0 Å². The summed E-state index contributed by atoms with van der Waals surface area (Å²) in [6.07, 6.45) is 0. The summed E-state index contributed by atoms with van der Waals surface area (Å²) in [7, 11) is -3.64. The molecule has 0 heterocycles. The van der Waals surface area contributed by atoms with Crippen LogP contribution < -0.4 is 9.42 Å². The van der Waals surface area contributed by atoms with E-state index >= 15 is 0 Å². The molecular weight excluding hydrogens is 163 g/mol. The fraction of sp³-hybridized carbons (Fsp3) is 0.143. The van der Waals surface area contributed by atoms with Crippen LogP contribution in [0.25, 0.3) is 0 Å². The summed E-state index contributed by atoms with van der Waals surface area (Å²) in [5.41, 5.74) is 0. The van der Waals surface area contributed by atoms with E-state index in [9.17, 15) is 9.46 Å². The zero-order valence-electron chi connectivity index (χ0n) is 6.06. The largest absolute Gasteiger partial charge is 0.769 e. The summed E-state index contributed by atoms with van der Waals surface area (Å²) in [5.74, 6) is 0.355. The second kappa shape index (κ2) is 3.07. The van der Waals surface area contributed by atoms with Crippen molar-refractivity contribution >= 4 is 7.60 Å². The summed E-state index contributed by atoms with van der Waals surface area (Å²) >= 11 is 0. The zero-order valence-corrected chi connectivity index (χ0v) is 6.95. The van der Waals surface area contributed by atoms with Gasteiger partial charge < -0.3 is 9.42 Å². The van der Waals surface area contributed by atoms with Crippen molar-refractivity contribution in [3.8, 4) is 5.75 Å². The van der Waals surface area contributed by atoms with E-state index in [2.05, 4.69) is 4.52 Å². The Morgan fingerprint density at radius 1 is 1.36 bits per heavy atom. The molecule has 1 aromatic carbocycles. The number of hydrogen-bond donors (Lipinski definition) is 0. The minimum atomic E-state index is -3.64. The van der Waals surface area contributed by atoms with Crippen LogP contribution in [0.15, 0.2) is 30.3 Å². The Morgan fingerprint density at radius 2 is 1.91 bits per heavy atom. The first-order valence-electron chi connectivity index (χ1n) is 3.11. The van der Waals surface area contributed by atoms with Crippen LogP contribution in [0.2, 0.25) is 0 Å². The van der Waals surface area contributed by atoms with Gasteiger partial charge in [0.15, 0.2) is 7.60 Å². The third-order valence-electron chi connectivity index (χ3n) is 1.01. The third-order valence-corrected chi connectivity index (χ3v) is 1.56. The van der Waals surface area contributed by atoms with Crippen LogP contribution in [0.5, 0.6) is 5.75 Å². The zero-order chi connectivity index (χ0) is 8.32. The van der Waals surface area contributed by atoms with Gasteiger partial charge in [0.2, 0.25) is 0 Å². The molecular formula is C7H8O3P-. The molecule has 0 aromatic heterocycles. The molecule has 0 N–H and O–H groups in total. The van der Waals surface area contributed by atoms with Crippen molar-refractivity contribution in [3.63, 3.8) is 0 Å². The standard InChI is InChI=1S/C7H9O3P/c1-11(8,9)10-7-5-3-2-4-6-7/h2-6H,1H3,(H,8,9)/p-1. The molecule has 60 valence electrons. The van der Waals surface area contributed by atoms with Crippen molar-refractivity contribution in [3.05, 3.63) is 30.3 Å². The van der Waals surface area contributed by atoms with E-state index in [0.29, 0.717) is 5.75 Å². The van der Waals surface area contributed by atoms with Crippen LogP contribution in [0, 0.1) is 0 Å². The van der Waals surface area contributed by atoms with Crippen molar-refractivity contribution in [1.29, 1.82) is 0 Å². The van der Waals surface area contributed by atoms with Crippen LogP contribution in [0.3, 0.4) is 0 Å². The molecule has 0 spiro atoms. The Hall–Kier alpha value is -0.790. The van der Waals surface area contributed by atoms with E-state index < -0.39 is 7.60 Å². The normalized spacial score (nSPS) is 15.5. The summed E-state index contributed by atoms with van der Waals surface area (Å²) in [5, 5.41) is 0. The van der Waals surface area contributed by atoms with Gasteiger partial charge in [-0.25, -0.2) is 0 Å².